The Hall–Kier alpha value is -3.67. The van der Waals surface area contributed by atoms with Crippen molar-refractivity contribution < 1.29 is 4.79 Å². The molecule has 2 N–H and O–H groups in total. The molecule has 152 valence electrons. The second-order valence-corrected chi connectivity index (χ2v) is 8.37. The minimum absolute atomic E-state index is 0.0974. The zero-order valence-electron chi connectivity index (χ0n) is 17.3. The molecule has 2 heterocycles. The second-order valence-electron chi connectivity index (χ2n) is 8.37. The lowest BCUT2D eigenvalue weighted by Crippen LogP contribution is -2.20. The highest BCUT2D eigenvalue weighted by Crippen LogP contribution is 2.22. The quantitative estimate of drug-likeness (QED) is 0.535. The lowest BCUT2D eigenvalue weighted by atomic mass is 9.87. The van der Waals surface area contributed by atoms with Crippen LogP contribution in [0.3, 0.4) is 0 Å². The first-order chi connectivity index (χ1) is 14.3. The second kappa shape index (κ2) is 7.63. The summed E-state index contributed by atoms with van der Waals surface area (Å²) in [6, 6.07) is 19.0. The van der Waals surface area contributed by atoms with E-state index in [4.69, 9.17) is 0 Å². The van der Waals surface area contributed by atoms with Crippen LogP contribution in [0.25, 0.3) is 10.8 Å². The molecule has 4 rings (SSSR count). The van der Waals surface area contributed by atoms with E-state index >= 15 is 0 Å². The van der Waals surface area contributed by atoms with Gasteiger partial charge in [-0.25, -0.2) is 4.68 Å². The number of fused-ring (bicyclic) bond motifs is 1. The number of amides is 1. The Kier molecular flexibility index (Phi) is 4.99. The fourth-order valence-electron chi connectivity index (χ4n) is 3.36. The maximum absolute atomic E-state index is 12.7. The average molecular weight is 400 g/mol. The summed E-state index contributed by atoms with van der Waals surface area (Å²) in [7, 11) is 0. The summed E-state index contributed by atoms with van der Waals surface area (Å²) in [6.07, 6.45) is 1.64. The largest absolute Gasteiger partial charge is 0.317 e. The van der Waals surface area contributed by atoms with Crippen LogP contribution in [0, 0.1) is 0 Å². The molecule has 4 aromatic rings. The van der Waals surface area contributed by atoms with Crippen molar-refractivity contribution in [3.63, 3.8) is 0 Å². The Morgan fingerprint density at radius 3 is 2.53 bits per heavy atom. The van der Waals surface area contributed by atoms with Crippen molar-refractivity contribution in [1.82, 2.24) is 14.8 Å². The fraction of sp³-hybridized carbons (Fsp3) is 0.208. The summed E-state index contributed by atoms with van der Waals surface area (Å²) in [4.78, 5) is 27.7. The number of anilines is 1. The number of aromatic nitrogens is 3. The summed E-state index contributed by atoms with van der Waals surface area (Å²) >= 11 is 0. The van der Waals surface area contributed by atoms with Gasteiger partial charge in [-0.05, 0) is 34.1 Å². The number of H-pyrrole nitrogens is 1. The molecule has 2 aromatic carbocycles. The molecule has 0 aliphatic rings. The number of aromatic amines is 1. The topological polar surface area (TPSA) is 79.8 Å². The zero-order chi connectivity index (χ0) is 21.3. The summed E-state index contributed by atoms with van der Waals surface area (Å²) in [6.45, 7) is 7.07. The Balaban J connectivity index is 1.54. The highest BCUT2D eigenvalue weighted by Gasteiger charge is 2.14. The smallest absolute Gasteiger partial charge is 0.273 e. The highest BCUT2D eigenvalue weighted by atomic mass is 16.2. The predicted molar refractivity (Wildman–Crippen MR) is 119 cm³/mol. The van der Waals surface area contributed by atoms with Gasteiger partial charge in [0.05, 0.1) is 12.7 Å². The van der Waals surface area contributed by atoms with E-state index in [0.717, 1.165) is 10.9 Å². The van der Waals surface area contributed by atoms with E-state index in [1.165, 1.54) is 5.56 Å². The third kappa shape index (κ3) is 4.03. The van der Waals surface area contributed by atoms with Crippen molar-refractivity contribution in [3.8, 4) is 0 Å². The first kappa shape index (κ1) is 19.6. The van der Waals surface area contributed by atoms with E-state index in [1.54, 1.807) is 35.1 Å². The maximum Gasteiger partial charge on any atom is 0.273 e. The molecule has 0 saturated heterocycles. The summed E-state index contributed by atoms with van der Waals surface area (Å²) in [5.74, 6) is 0.177. The standard InChI is InChI=1S/C24H24N4O2/c1-24(2,3)18-10-8-16(9-11-18)15-28-21(12-13-25-28)27-23(30)20-14-17-6-4-5-7-19(17)22(29)26-20/h4-14H,15H2,1-3H3,(H,26,29)(H,27,30). The summed E-state index contributed by atoms with van der Waals surface area (Å²) in [5.41, 5.74) is 2.37. The van der Waals surface area contributed by atoms with Crippen LogP contribution in [0.15, 0.2) is 71.7 Å². The molecule has 0 unspecified atom stereocenters. The number of hydrogen-bond acceptors (Lipinski definition) is 3. The molecule has 6 heteroatoms. The predicted octanol–water partition coefficient (Wildman–Crippen LogP) is 4.32. The van der Waals surface area contributed by atoms with Crippen molar-refractivity contribution >= 4 is 22.5 Å². The summed E-state index contributed by atoms with van der Waals surface area (Å²) < 4.78 is 1.73. The van der Waals surface area contributed by atoms with Crippen LogP contribution in [-0.2, 0) is 12.0 Å². The van der Waals surface area contributed by atoms with Crippen LogP contribution in [-0.4, -0.2) is 20.7 Å². The van der Waals surface area contributed by atoms with E-state index < -0.39 is 0 Å². The summed E-state index contributed by atoms with van der Waals surface area (Å²) in [5, 5.41) is 8.45. The highest BCUT2D eigenvalue weighted by molar-refractivity contribution is 6.04. The van der Waals surface area contributed by atoms with Crippen molar-refractivity contribution in [3.05, 3.63) is 94.0 Å². The van der Waals surface area contributed by atoms with Gasteiger partial charge >= 0.3 is 0 Å². The molecular weight excluding hydrogens is 376 g/mol. The van der Waals surface area contributed by atoms with Gasteiger partial charge in [0.1, 0.15) is 11.5 Å². The van der Waals surface area contributed by atoms with Crippen molar-refractivity contribution in [2.24, 2.45) is 0 Å². The van der Waals surface area contributed by atoms with Crippen LogP contribution in [0.5, 0.6) is 0 Å². The molecule has 0 spiro atoms. The number of nitrogens with one attached hydrogen (secondary N) is 2. The molecule has 1 amide bonds. The molecule has 2 aromatic heterocycles. The first-order valence-electron chi connectivity index (χ1n) is 9.86. The molecule has 0 atom stereocenters. The van der Waals surface area contributed by atoms with E-state index in [0.29, 0.717) is 17.7 Å². The third-order valence-electron chi connectivity index (χ3n) is 5.11. The van der Waals surface area contributed by atoms with Gasteiger partial charge in [0, 0.05) is 11.5 Å². The maximum atomic E-state index is 12.7. The van der Waals surface area contributed by atoms with Gasteiger partial charge in [0.15, 0.2) is 0 Å². The van der Waals surface area contributed by atoms with Gasteiger partial charge in [0.25, 0.3) is 11.5 Å². The Morgan fingerprint density at radius 2 is 1.80 bits per heavy atom. The lowest BCUT2D eigenvalue weighted by molar-refractivity contribution is 0.102. The molecule has 0 bridgehead atoms. The molecule has 0 fully saturated rings. The van der Waals surface area contributed by atoms with E-state index in [2.05, 4.69) is 60.4 Å². The number of pyridine rings is 1. The van der Waals surface area contributed by atoms with E-state index in [-0.39, 0.29) is 22.6 Å². The normalized spacial score (nSPS) is 11.6. The molecule has 0 radical (unpaired) electrons. The Labute approximate surface area is 174 Å². The first-order valence-corrected chi connectivity index (χ1v) is 9.86. The monoisotopic (exact) mass is 400 g/mol. The van der Waals surface area contributed by atoms with Gasteiger partial charge in [-0.2, -0.15) is 5.10 Å². The molecular formula is C24H24N4O2. The van der Waals surface area contributed by atoms with Crippen molar-refractivity contribution in [1.29, 1.82) is 0 Å². The Bertz CT molecular complexity index is 1260. The van der Waals surface area contributed by atoms with Crippen LogP contribution < -0.4 is 10.9 Å². The van der Waals surface area contributed by atoms with Crippen molar-refractivity contribution in [2.75, 3.05) is 5.32 Å². The van der Waals surface area contributed by atoms with Crippen LogP contribution in [0.2, 0.25) is 0 Å². The number of nitrogens with zero attached hydrogens (tertiary/aromatic N) is 2. The Morgan fingerprint density at radius 1 is 1.07 bits per heavy atom. The fourth-order valence-corrected chi connectivity index (χ4v) is 3.36. The van der Waals surface area contributed by atoms with Crippen LogP contribution in [0.4, 0.5) is 5.82 Å². The third-order valence-corrected chi connectivity index (χ3v) is 5.11. The van der Waals surface area contributed by atoms with Gasteiger partial charge < -0.3 is 10.3 Å². The zero-order valence-corrected chi connectivity index (χ0v) is 17.3. The van der Waals surface area contributed by atoms with E-state index in [1.807, 2.05) is 12.1 Å². The molecule has 0 aliphatic heterocycles. The van der Waals surface area contributed by atoms with Crippen molar-refractivity contribution in [2.45, 2.75) is 32.7 Å². The minimum atomic E-state index is -0.386. The molecule has 0 aliphatic carbocycles. The SMILES string of the molecule is CC(C)(C)c1ccc(Cn2nccc2NC(=O)c2cc3ccccc3c(=O)[nH]2)cc1. The van der Waals surface area contributed by atoms with Gasteiger partial charge in [-0.1, -0.05) is 63.2 Å². The van der Waals surface area contributed by atoms with Gasteiger partial charge in [-0.3, -0.25) is 9.59 Å². The minimum Gasteiger partial charge on any atom is -0.317 e. The average Bonchev–Trinajstić information content (AvgIpc) is 3.14. The molecule has 0 saturated carbocycles. The van der Waals surface area contributed by atoms with Gasteiger partial charge in [-0.15, -0.1) is 0 Å². The van der Waals surface area contributed by atoms with Crippen LogP contribution in [0.1, 0.15) is 42.4 Å². The number of benzene rings is 2. The van der Waals surface area contributed by atoms with Gasteiger partial charge in [0.2, 0.25) is 0 Å². The number of carbonyl (C=O) groups is 1. The number of hydrogen-bond donors (Lipinski definition) is 2. The molecule has 30 heavy (non-hydrogen) atoms. The number of carbonyl (C=O) groups excluding carboxylic acids is 1. The van der Waals surface area contributed by atoms with Crippen LogP contribution >= 0.6 is 0 Å². The van der Waals surface area contributed by atoms with E-state index in [9.17, 15) is 9.59 Å². The number of rotatable bonds is 4. The lowest BCUT2D eigenvalue weighted by Gasteiger charge is -2.19. The molecule has 6 nitrogen and oxygen atoms in total.